The van der Waals surface area contributed by atoms with Crippen LogP contribution in [0, 0.1) is 0 Å². The SMILES string of the molecule is CC(C)(F)c1cc2c(cc1C1(CC(=O)O)CC1)OCO2. The van der Waals surface area contributed by atoms with Gasteiger partial charge in [-0.15, -0.1) is 0 Å². The number of aliphatic carboxylic acids is 1. The second kappa shape index (κ2) is 4.11. The molecule has 5 heteroatoms. The second-order valence-corrected chi connectivity index (χ2v) is 6.07. The van der Waals surface area contributed by atoms with Crippen LogP contribution in [0.15, 0.2) is 12.1 Å². The van der Waals surface area contributed by atoms with Crippen LogP contribution in [0.4, 0.5) is 4.39 Å². The molecule has 1 aromatic rings. The van der Waals surface area contributed by atoms with Gasteiger partial charge in [-0.2, -0.15) is 0 Å². The standard InChI is InChI=1S/C15H17FO4/c1-14(2,16)9-5-11-12(20-8-19-11)6-10(9)15(3-4-15)7-13(17)18/h5-6H,3-4,7-8H2,1-2H3,(H,17,18). The van der Waals surface area contributed by atoms with Crippen molar-refractivity contribution in [2.75, 3.05) is 6.79 Å². The average molecular weight is 280 g/mol. The normalized spacial score (nSPS) is 18.9. The zero-order valence-electron chi connectivity index (χ0n) is 11.5. The first-order valence-corrected chi connectivity index (χ1v) is 6.67. The minimum atomic E-state index is -1.55. The summed E-state index contributed by atoms with van der Waals surface area (Å²) in [6.45, 7) is 3.08. The fourth-order valence-electron chi connectivity index (χ4n) is 2.85. The van der Waals surface area contributed by atoms with Crippen LogP contribution >= 0.6 is 0 Å². The predicted molar refractivity (Wildman–Crippen MR) is 69.9 cm³/mol. The van der Waals surface area contributed by atoms with E-state index in [0.29, 0.717) is 17.1 Å². The van der Waals surface area contributed by atoms with Gasteiger partial charge in [0.05, 0.1) is 6.42 Å². The van der Waals surface area contributed by atoms with Crippen LogP contribution in [0.5, 0.6) is 11.5 Å². The fraction of sp³-hybridized carbons (Fsp3) is 0.533. The molecule has 1 saturated carbocycles. The molecule has 1 heterocycles. The average Bonchev–Trinajstić information content (AvgIpc) is 2.95. The highest BCUT2D eigenvalue weighted by Gasteiger charge is 2.49. The lowest BCUT2D eigenvalue weighted by Crippen LogP contribution is -2.20. The number of carbonyl (C=O) groups is 1. The number of hydrogen-bond acceptors (Lipinski definition) is 3. The highest BCUT2D eigenvalue weighted by molar-refractivity contribution is 5.71. The van der Waals surface area contributed by atoms with Crippen molar-refractivity contribution in [2.24, 2.45) is 0 Å². The van der Waals surface area contributed by atoms with E-state index in [1.54, 1.807) is 12.1 Å². The minimum absolute atomic E-state index is 0.0235. The second-order valence-electron chi connectivity index (χ2n) is 6.07. The van der Waals surface area contributed by atoms with Gasteiger partial charge in [-0.25, -0.2) is 4.39 Å². The molecule has 1 N–H and O–H groups in total. The van der Waals surface area contributed by atoms with E-state index < -0.39 is 17.1 Å². The maximum absolute atomic E-state index is 14.5. The lowest BCUT2D eigenvalue weighted by atomic mass is 9.83. The Labute approximate surface area is 116 Å². The molecule has 3 rings (SSSR count). The summed E-state index contributed by atoms with van der Waals surface area (Å²) in [4.78, 5) is 11.1. The number of benzene rings is 1. The molecule has 1 aliphatic heterocycles. The van der Waals surface area contributed by atoms with Crippen molar-refractivity contribution in [1.29, 1.82) is 0 Å². The van der Waals surface area contributed by atoms with Crippen molar-refractivity contribution < 1.29 is 23.8 Å². The van der Waals surface area contributed by atoms with Crippen molar-refractivity contribution in [3.63, 3.8) is 0 Å². The van der Waals surface area contributed by atoms with E-state index in [9.17, 15) is 9.18 Å². The number of ether oxygens (including phenoxy) is 2. The van der Waals surface area contributed by atoms with Gasteiger partial charge in [0, 0.05) is 5.41 Å². The van der Waals surface area contributed by atoms with Crippen LogP contribution in [0.2, 0.25) is 0 Å². The molecule has 0 saturated heterocycles. The quantitative estimate of drug-likeness (QED) is 0.920. The number of alkyl halides is 1. The molecule has 0 amide bonds. The Morgan fingerprint density at radius 3 is 2.45 bits per heavy atom. The van der Waals surface area contributed by atoms with E-state index >= 15 is 0 Å². The van der Waals surface area contributed by atoms with Gasteiger partial charge in [0.1, 0.15) is 5.67 Å². The van der Waals surface area contributed by atoms with E-state index in [1.807, 2.05) is 0 Å². The van der Waals surface area contributed by atoms with E-state index in [-0.39, 0.29) is 13.2 Å². The van der Waals surface area contributed by atoms with Crippen LogP contribution in [-0.4, -0.2) is 17.9 Å². The summed E-state index contributed by atoms with van der Waals surface area (Å²) < 4.78 is 25.1. The van der Waals surface area contributed by atoms with Crippen LogP contribution in [0.1, 0.15) is 44.2 Å². The Hall–Kier alpha value is -1.78. The first-order chi connectivity index (χ1) is 9.32. The summed E-state index contributed by atoms with van der Waals surface area (Å²) in [5, 5.41) is 9.09. The van der Waals surface area contributed by atoms with Crippen LogP contribution in [-0.2, 0) is 15.9 Å². The summed E-state index contributed by atoms with van der Waals surface area (Å²) in [7, 11) is 0. The lowest BCUT2D eigenvalue weighted by molar-refractivity contribution is -0.137. The number of fused-ring (bicyclic) bond motifs is 1. The molecule has 2 aliphatic rings. The Kier molecular flexibility index (Phi) is 2.71. The first kappa shape index (κ1) is 13.2. The molecule has 0 radical (unpaired) electrons. The van der Waals surface area contributed by atoms with Crippen molar-refractivity contribution in [3.05, 3.63) is 23.3 Å². The molecule has 0 spiro atoms. The van der Waals surface area contributed by atoms with Gasteiger partial charge in [-0.3, -0.25) is 4.79 Å². The number of carboxylic acids is 1. The molecule has 1 aliphatic carbocycles. The number of halogens is 1. The highest BCUT2D eigenvalue weighted by atomic mass is 19.1. The summed E-state index contributed by atoms with van der Waals surface area (Å²) in [6, 6.07) is 3.41. The predicted octanol–water partition coefficient (Wildman–Crippen LogP) is 3.13. The van der Waals surface area contributed by atoms with Gasteiger partial charge >= 0.3 is 5.97 Å². The number of hydrogen-bond donors (Lipinski definition) is 1. The molecule has 0 aromatic heterocycles. The van der Waals surface area contributed by atoms with E-state index in [2.05, 4.69) is 0 Å². The van der Waals surface area contributed by atoms with Gasteiger partial charge < -0.3 is 14.6 Å². The van der Waals surface area contributed by atoms with Gasteiger partial charge in [0.2, 0.25) is 6.79 Å². The van der Waals surface area contributed by atoms with Crippen LogP contribution in [0.25, 0.3) is 0 Å². The molecule has 1 fully saturated rings. The Morgan fingerprint density at radius 1 is 1.35 bits per heavy atom. The maximum atomic E-state index is 14.5. The minimum Gasteiger partial charge on any atom is -0.481 e. The summed E-state index contributed by atoms with van der Waals surface area (Å²) >= 11 is 0. The Morgan fingerprint density at radius 2 is 1.95 bits per heavy atom. The fourth-order valence-corrected chi connectivity index (χ4v) is 2.85. The smallest absolute Gasteiger partial charge is 0.304 e. The van der Waals surface area contributed by atoms with Gasteiger partial charge in [-0.05, 0) is 49.9 Å². The third kappa shape index (κ3) is 2.11. The molecule has 20 heavy (non-hydrogen) atoms. The van der Waals surface area contributed by atoms with Crippen LogP contribution < -0.4 is 9.47 Å². The van der Waals surface area contributed by atoms with E-state index in [0.717, 1.165) is 18.4 Å². The summed E-state index contributed by atoms with van der Waals surface area (Å²) in [6.07, 6.45) is 1.56. The van der Waals surface area contributed by atoms with Crippen molar-refractivity contribution in [1.82, 2.24) is 0 Å². The summed E-state index contributed by atoms with van der Waals surface area (Å²) in [5.41, 5.74) is -0.757. The molecule has 0 atom stereocenters. The topological polar surface area (TPSA) is 55.8 Å². The van der Waals surface area contributed by atoms with Gasteiger partial charge in [-0.1, -0.05) is 0 Å². The zero-order chi connectivity index (χ0) is 14.5. The molecule has 4 nitrogen and oxygen atoms in total. The van der Waals surface area contributed by atoms with Crippen LogP contribution in [0.3, 0.4) is 0 Å². The van der Waals surface area contributed by atoms with E-state index in [1.165, 1.54) is 13.8 Å². The highest BCUT2D eigenvalue weighted by Crippen LogP contribution is 2.56. The van der Waals surface area contributed by atoms with E-state index in [4.69, 9.17) is 14.6 Å². The molecule has 1 aromatic carbocycles. The Bertz CT molecular complexity index is 570. The third-order valence-electron chi connectivity index (χ3n) is 4.07. The molecule has 0 bridgehead atoms. The monoisotopic (exact) mass is 280 g/mol. The molecule has 0 unspecified atom stereocenters. The maximum Gasteiger partial charge on any atom is 0.304 e. The molecular weight excluding hydrogens is 263 g/mol. The molecular formula is C15H17FO4. The zero-order valence-corrected chi connectivity index (χ0v) is 11.5. The summed E-state index contributed by atoms with van der Waals surface area (Å²) in [5.74, 6) is 0.244. The van der Waals surface area contributed by atoms with Crippen molar-refractivity contribution in [2.45, 2.75) is 44.2 Å². The van der Waals surface area contributed by atoms with Gasteiger partial charge in [0.25, 0.3) is 0 Å². The van der Waals surface area contributed by atoms with Crippen molar-refractivity contribution >= 4 is 5.97 Å². The third-order valence-corrected chi connectivity index (χ3v) is 4.07. The first-order valence-electron chi connectivity index (χ1n) is 6.67. The van der Waals surface area contributed by atoms with Gasteiger partial charge in [0.15, 0.2) is 11.5 Å². The number of carboxylic acid groups (broad SMARTS) is 1. The largest absolute Gasteiger partial charge is 0.481 e. The molecule has 108 valence electrons. The number of rotatable bonds is 4. The lowest BCUT2D eigenvalue weighted by Gasteiger charge is -2.24. The van der Waals surface area contributed by atoms with Crippen molar-refractivity contribution in [3.8, 4) is 11.5 Å². The Balaban J connectivity index is 2.12.